The largest absolute Gasteiger partial charge is 0.152 e. The van der Waals surface area contributed by atoms with Crippen LogP contribution in [0.2, 0.25) is 5.02 Å². The predicted molar refractivity (Wildman–Crippen MR) is 80.6 cm³/mol. The number of halogens is 2. The Labute approximate surface area is 120 Å². The maximum absolute atomic E-state index is 5.85. The molecule has 0 unspecified atom stereocenters. The second-order valence-corrected chi connectivity index (χ2v) is 6.08. The Morgan fingerprint density at radius 2 is 1.29 bits per heavy atom. The van der Waals surface area contributed by atoms with Gasteiger partial charge in [-0.1, -0.05) is 51.8 Å². The average molecular weight is 328 g/mol. The Bertz CT molecular complexity index is 419. The van der Waals surface area contributed by atoms with Crippen LogP contribution in [0, 0.1) is 0 Å². The van der Waals surface area contributed by atoms with Crippen LogP contribution in [0.15, 0.2) is 53.0 Å². The van der Waals surface area contributed by atoms with Gasteiger partial charge in [-0.25, -0.2) is 0 Å². The highest BCUT2D eigenvalue weighted by Crippen LogP contribution is 2.20. The van der Waals surface area contributed by atoms with Crippen LogP contribution in [-0.4, -0.2) is 0 Å². The van der Waals surface area contributed by atoms with Crippen molar-refractivity contribution in [3.63, 3.8) is 0 Å². The number of thioether (sulfide) groups is 1. The minimum absolute atomic E-state index is 0.798. The molecule has 0 heterocycles. The van der Waals surface area contributed by atoms with Crippen molar-refractivity contribution in [1.29, 1.82) is 0 Å². The fourth-order valence-electron chi connectivity index (χ4n) is 1.45. The minimum Gasteiger partial charge on any atom is -0.152 e. The summed E-state index contributed by atoms with van der Waals surface area (Å²) in [6.07, 6.45) is 0. The smallest absolute Gasteiger partial charge is 0.0406 e. The summed E-state index contributed by atoms with van der Waals surface area (Å²) >= 11 is 11.2. The van der Waals surface area contributed by atoms with Gasteiger partial charge in [-0.2, -0.15) is 11.8 Å². The maximum Gasteiger partial charge on any atom is 0.0406 e. The van der Waals surface area contributed by atoms with Crippen molar-refractivity contribution in [3.05, 3.63) is 69.2 Å². The summed E-state index contributed by atoms with van der Waals surface area (Å²) in [4.78, 5) is 0. The van der Waals surface area contributed by atoms with Crippen molar-refractivity contribution >= 4 is 39.3 Å². The van der Waals surface area contributed by atoms with Crippen LogP contribution in [0.25, 0.3) is 0 Å². The van der Waals surface area contributed by atoms with Crippen LogP contribution in [0.3, 0.4) is 0 Å². The van der Waals surface area contributed by atoms with Crippen LogP contribution < -0.4 is 0 Å². The molecule has 2 aromatic carbocycles. The molecule has 0 atom stereocenters. The molecule has 0 aliphatic carbocycles. The highest BCUT2D eigenvalue weighted by atomic mass is 79.9. The first-order valence-corrected chi connectivity index (χ1v) is 7.63. The second-order valence-electron chi connectivity index (χ2n) is 3.75. The number of benzene rings is 2. The molecule has 0 aliphatic rings. The Kier molecular flexibility index (Phi) is 4.96. The van der Waals surface area contributed by atoms with Crippen LogP contribution in [0.5, 0.6) is 0 Å². The standard InChI is InChI=1S/C14H12BrClS/c15-13-5-1-11(2-6-13)9-17-10-12-3-7-14(16)8-4-12/h1-8H,9-10H2. The average Bonchev–Trinajstić information content (AvgIpc) is 2.34. The molecule has 0 nitrogen and oxygen atoms in total. The molecule has 88 valence electrons. The first-order valence-electron chi connectivity index (χ1n) is 5.31. The Morgan fingerprint density at radius 1 is 0.824 bits per heavy atom. The van der Waals surface area contributed by atoms with Gasteiger partial charge in [0.25, 0.3) is 0 Å². The lowest BCUT2D eigenvalue weighted by atomic mass is 10.2. The molecule has 0 aromatic heterocycles. The zero-order chi connectivity index (χ0) is 12.1. The van der Waals surface area contributed by atoms with E-state index in [2.05, 4.69) is 52.3 Å². The molecule has 0 bridgehead atoms. The lowest BCUT2D eigenvalue weighted by Crippen LogP contribution is -1.83. The van der Waals surface area contributed by atoms with Crippen molar-refractivity contribution in [1.82, 2.24) is 0 Å². The van der Waals surface area contributed by atoms with Crippen LogP contribution >= 0.6 is 39.3 Å². The molecule has 0 saturated carbocycles. The molecule has 0 saturated heterocycles. The zero-order valence-corrected chi connectivity index (χ0v) is 12.4. The monoisotopic (exact) mass is 326 g/mol. The van der Waals surface area contributed by atoms with Gasteiger partial charge in [0, 0.05) is 21.0 Å². The minimum atomic E-state index is 0.798. The van der Waals surface area contributed by atoms with Gasteiger partial charge in [0.2, 0.25) is 0 Å². The number of hydrogen-bond donors (Lipinski definition) is 0. The molecular weight excluding hydrogens is 316 g/mol. The summed E-state index contributed by atoms with van der Waals surface area (Å²) in [5.41, 5.74) is 2.67. The fourth-order valence-corrected chi connectivity index (χ4v) is 2.80. The molecule has 0 fully saturated rings. The summed E-state index contributed by atoms with van der Waals surface area (Å²) in [5, 5.41) is 0.798. The SMILES string of the molecule is Clc1ccc(CSCc2ccc(Br)cc2)cc1. The van der Waals surface area contributed by atoms with Crippen molar-refractivity contribution in [2.45, 2.75) is 11.5 Å². The van der Waals surface area contributed by atoms with E-state index in [0.29, 0.717) is 0 Å². The van der Waals surface area contributed by atoms with Gasteiger partial charge < -0.3 is 0 Å². The van der Waals surface area contributed by atoms with Gasteiger partial charge in [-0.15, -0.1) is 0 Å². The molecule has 0 aliphatic heterocycles. The highest BCUT2D eigenvalue weighted by Gasteiger charge is 1.96. The first kappa shape index (κ1) is 13.0. The molecule has 0 N–H and O–H groups in total. The van der Waals surface area contributed by atoms with E-state index in [1.807, 2.05) is 23.9 Å². The second kappa shape index (κ2) is 6.48. The van der Waals surface area contributed by atoms with Crippen molar-refractivity contribution in [2.24, 2.45) is 0 Å². The van der Waals surface area contributed by atoms with E-state index in [0.717, 1.165) is 21.0 Å². The topological polar surface area (TPSA) is 0 Å². The third-order valence-corrected chi connectivity index (χ3v) is 4.22. The van der Waals surface area contributed by atoms with E-state index in [4.69, 9.17) is 11.6 Å². The first-order chi connectivity index (χ1) is 8.24. The van der Waals surface area contributed by atoms with Crippen LogP contribution in [-0.2, 0) is 11.5 Å². The van der Waals surface area contributed by atoms with Crippen molar-refractivity contribution < 1.29 is 0 Å². The van der Waals surface area contributed by atoms with Crippen molar-refractivity contribution in [2.75, 3.05) is 0 Å². The van der Waals surface area contributed by atoms with E-state index in [1.165, 1.54) is 11.1 Å². The number of rotatable bonds is 4. The molecule has 0 radical (unpaired) electrons. The van der Waals surface area contributed by atoms with E-state index in [-0.39, 0.29) is 0 Å². The zero-order valence-electron chi connectivity index (χ0n) is 9.20. The highest BCUT2D eigenvalue weighted by molar-refractivity contribution is 9.10. The van der Waals surface area contributed by atoms with Crippen molar-refractivity contribution in [3.8, 4) is 0 Å². The number of hydrogen-bond acceptors (Lipinski definition) is 1. The van der Waals surface area contributed by atoms with E-state index < -0.39 is 0 Å². The van der Waals surface area contributed by atoms with E-state index in [1.54, 1.807) is 0 Å². The molecule has 2 aromatic rings. The summed E-state index contributed by atoms with van der Waals surface area (Å²) in [5.74, 6) is 2.06. The van der Waals surface area contributed by atoms with E-state index in [9.17, 15) is 0 Å². The van der Waals surface area contributed by atoms with Gasteiger partial charge in [-0.3, -0.25) is 0 Å². The van der Waals surface area contributed by atoms with Crippen LogP contribution in [0.1, 0.15) is 11.1 Å². The Morgan fingerprint density at radius 3 is 1.82 bits per heavy atom. The maximum atomic E-state index is 5.85. The third kappa shape index (κ3) is 4.38. The normalized spacial score (nSPS) is 10.5. The molecular formula is C14H12BrClS. The lowest BCUT2D eigenvalue weighted by Gasteiger charge is -2.03. The van der Waals surface area contributed by atoms with Gasteiger partial charge in [0.05, 0.1) is 0 Å². The van der Waals surface area contributed by atoms with Gasteiger partial charge in [0.1, 0.15) is 0 Å². The summed E-state index contributed by atoms with van der Waals surface area (Å²) < 4.78 is 1.13. The summed E-state index contributed by atoms with van der Waals surface area (Å²) in [6.45, 7) is 0. The van der Waals surface area contributed by atoms with E-state index >= 15 is 0 Å². The quantitative estimate of drug-likeness (QED) is 0.711. The Hall–Kier alpha value is -0.440. The molecule has 0 spiro atoms. The molecule has 2 rings (SSSR count). The fraction of sp³-hybridized carbons (Fsp3) is 0.143. The van der Waals surface area contributed by atoms with Gasteiger partial charge in [-0.05, 0) is 35.4 Å². The lowest BCUT2D eigenvalue weighted by molar-refractivity contribution is 1.36. The van der Waals surface area contributed by atoms with Gasteiger partial charge in [0.15, 0.2) is 0 Å². The molecule has 17 heavy (non-hydrogen) atoms. The third-order valence-electron chi connectivity index (χ3n) is 2.36. The summed E-state index contributed by atoms with van der Waals surface area (Å²) in [7, 11) is 0. The Balaban J connectivity index is 1.83. The molecule has 3 heteroatoms. The molecule has 0 amide bonds. The van der Waals surface area contributed by atoms with Gasteiger partial charge >= 0.3 is 0 Å². The van der Waals surface area contributed by atoms with Crippen LogP contribution in [0.4, 0.5) is 0 Å². The summed E-state index contributed by atoms with van der Waals surface area (Å²) in [6, 6.07) is 16.5. The predicted octanol–water partition coefficient (Wildman–Crippen LogP) is 5.54.